The Morgan fingerprint density at radius 2 is 1.76 bits per heavy atom. The number of hydrogen-bond acceptors (Lipinski definition) is 6. The molecule has 0 spiro atoms. The summed E-state index contributed by atoms with van der Waals surface area (Å²) in [5.74, 6) is 3.55. The van der Waals surface area contributed by atoms with Crippen molar-refractivity contribution in [3.63, 3.8) is 0 Å². The Labute approximate surface area is 199 Å². The number of rotatable bonds is 3. The maximum atomic E-state index is 13.3. The Hall–Kier alpha value is -4.00. The summed E-state index contributed by atoms with van der Waals surface area (Å²) in [6.45, 7) is 3.91. The standard InChI is InChI=1S/C27H27N3O4/c1-18-17-29(14-15-30(18)27(31)20-8-4-6-10-23(20)33-3)26-21-16-19(32-2)12-13-24(21)34-25-11-7-5-9-22(25)28-26/h4-13,16,18H,14-15,17H2,1-3H3/t18-/m1/s1. The molecule has 0 radical (unpaired) electrons. The van der Waals surface area contributed by atoms with Crippen molar-refractivity contribution in [2.45, 2.75) is 13.0 Å². The Morgan fingerprint density at radius 3 is 2.56 bits per heavy atom. The molecule has 3 aromatic carbocycles. The Kier molecular flexibility index (Phi) is 5.84. The van der Waals surface area contributed by atoms with Gasteiger partial charge >= 0.3 is 0 Å². The van der Waals surface area contributed by atoms with Gasteiger partial charge in [-0.2, -0.15) is 0 Å². The molecule has 7 nitrogen and oxygen atoms in total. The largest absolute Gasteiger partial charge is 0.497 e. The number of fused-ring (bicyclic) bond motifs is 2. The van der Waals surface area contributed by atoms with Crippen molar-refractivity contribution in [3.05, 3.63) is 77.9 Å². The third kappa shape index (κ3) is 3.94. The van der Waals surface area contributed by atoms with Crippen LogP contribution in [-0.4, -0.2) is 61.4 Å². The molecule has 0 aromatic heterocycles. The molecule has 1 atom stereocenters. The number of benzene rings is 3. The molecule has 1 amide bonds. The first-order chi connectivity index (χ1) is 16.6. The molecule has 5 rings (SSSR count). The van der Waals surface area contributed by atoms with E-state index in [1.165, 1.54) is 0 Å². The van der Waals surface area contributed by atoms with Crippen LogP contribution in [-0.2, 0) is 0 Å². The zero-order chi connectivity index (χ0) is 23.7. The van der Waals surface area contributed by atoms with Crippen LogP contribution in [0.15, 0.2) is 71.7 Å². The fraction of sp³-hybridized carbons (Fsp3) is 0.259. The summed E-state index contributed by atoms with van der Waals surface area (Å²) in [5.41, 5.74) is 2.22. The van der Waals surface area contributed by atoms with Crippen molar-refractivity contribution in [1.29, 1.82) is 0 Å². The number of methoxy groups -OCH3 is 2. The SMILES string of the molecule is COc1ccc2c(c1)C(N1CCN(C(=O)c3ccccc3OC)[C@H](C)C1)=Nc1ccccc1O2. The van der Waals surface area contributed by atoms with E-state index in [1.54, 1.807) is 14.2 Å². The average molecular weight is 458 g/mol. The van der Waals surface area contributed by atoms with E-state index in [-0.39, 0.29) is 11.9 Å². The molecule has 2 aliphatic rings. The zero-order valence-electron chi connectivity index (χ0n) is 19.5. The molecule has 0 aliphatic carbocycles. The summed E-state index contributed by atoms with van der Waals surface area (Å²) >= 11 is 0. The first-order valence-electron chi connectivity index (χ1n) is 11.3. The molecule has 0 N–H and O–H groups in total. The van der Waals surface area contributed by atoms with E-state index in [9.17, 15) is 4.79 Å². The lowest BCUT2D eigenvalue weighted by Crippen LogP contribution is -2.55. The van der Waals surface area contributed by atoms with Gasteiger partial charge in [0.05, 0.1) is 25.3 Å². The van der Waals surface area contributed by atoms with E-state index >= 15 is 0 Å². The van der Waals surface area contributed by atoms with Gasteiger partial charge in [-0.25, -0.2) is 4.99 Å². The van der Waals surface area contributed by atoms with Crippen LogP contribution in [0.3, 0.4) is 0 Å². The molecule has 0 bridgehead atoms. The van der Waals surface area contributed by atoms with Crippen LogP contribution in [0.5, 0.6) is 23.0 Å². The van der Waals surface area contributed by atoms with Crippen molar-refractivity contribution in [2.75, 3.05) is 33.9 Å². The first-order valence-corrected chi connectivity index (χ1v) is 11.3. The molecule has 3 aromatic rings. The number of ether oxygens (including phenoxy) is 3. The Balaban J connectivity index is 1.47. The normalized spacial score (nSPS) is 17.0. The molecule has 2 heterocycles. The highest BCUT2D eigenvalue weighted by atomic mass is 16.5. The van der Waals surface area contributed by atoms with Crippen molar-refractivity contribution in [1.82, 2.24) is 9.80 Å². The fourth-order valence-corrected chi connectivity index (χ4v) is 4.50. The Bertz CT molecular complexity index is 1260. The zero-order valence-corrected chi connectivity index (χ0v) is 19.5. The Morgan fingerprint density at radius 1 is 0.971 bits per heavy atom. The lowest BCUT2D eigenvalue weighted by atomic mass is 10.1. The number of piperazine rings is 1. The highest BCUT2D eigenvalue weighted by Crippen LogP contribution is 2.39. The van der Waals surface area contributed by atoms with E-state index < -0.39 is 0 Å². The molecular weight excluding hydrogens is 430 g/mol. The quantitative estimate of drug-likeness (QED) is 0.569. The summed E-state index contributed by atoms with van der Waals surface area (Å²) in [6, 6.07) is 20.8. The van der Waals surface area contributed by atoms with E-state index in [2.05, 4.69) is 11.8 Å². The number of nitrogens with zero attached hydrogens (tertiary/aromatic N) is 3. The number of aliphatic imine (C=N–C) groups is 1. The van der Waals surface area contributed by atoms with Gasteiger partial charge in [-0.05, 0) is 49.4 Å². The van der Waals surface area contributed by atoms with Gasteiger partial charge in [-0.1, -0.05) is 24.3 Å². The number of amides is 1. The second-order valence-electron chi connectivity index (χ2n) is 8.36. The van der Waals surface area contributed by atoms with E-state index in [4.69, 9.17) is 19.2 Å². The van der Waals surface area contributed by atoms with Crippen LogP contribution in [0.4, 0.5) is 5.69 Å². The van der Waals surface area contributed by atoms with Crippen LogP contribution >= 0.6 is 0 Å². The van der Waals surface area contributed by atoms with E-state index in [1.807, 2.05) is 71.6 Å². The monoisotopic (exact) mass is 457 g/mol. The molecule has 34 heavy (non-hydrogen) atoms. The lowest BCUT2D eigenvalue weighted by Gasteiger charge is -2.41. The summed E-state index contributed by atoms with van der Waals surface area (Å²) in [6.07, 6.45) is 0. The first kappa shape index (κ1) is 21.8. The highest BCUT2D eigenvalue weighted by molar-refractivity contribution is 6.04. The van der Waals surface area contributed by atoms with Crippen molar-refractivity contribution >= 4 is 17.4 Å². The third-order valence-corrected chi connectivity index (χ3v) is 6.26. The number of hydrogen-bond donors (Lipinski definition) is 0. The highest BCUT2D eigenvalue weighted by Gasteiger charge is 2.33. The summed E-state index contributed by atoms with van der Waals surface area (Å²) in [7, 11) is 3.23. The van der Waals surface area contributed by atoms with Gasteiger partial charge in [0.1, 0.15) is 28.8 Å². The van der Waals surface area contributed by atoms with Crippen LogP contribution in [0.2, 0.25) is 0 Å². The predicted octanol–water partition coefficient (Wildman–Crippen LogP) is 4.73. The van der Waals surface area contributed by atoms with Crippen LogP contribution in [0.25, 0.3) is 0 Å². The van der Waals surface area contributed by atoms with E-state index in [0.29, 0.717) is 36.7 Å². The molecule has 1 fully saturated rings. The number of carbonyl (C=O) groups is 1. The predicted molar refractivity (Wildman–Crippen MR) is 131 cm³/mol. The van der Waals surface area contributed by atoms with Crippen LogP contribution in [0.1, 0.15) is 22.8 Å². The van der Waals surface area contributed by atoms with Gasteiger partial charge in [0.15, 0.2) is 5.75 Å². The maximum absolute atomic E-state index is 13.3. The average Bonchev–Trinajstić information content (AvgIpc) is 3.04. The maximum Gasteiger partial charge on any atom is 0.257 e. The summed E-state index contributed by atoms with van der Waals surface area (Å²) in [4.78, 5) is 22.5. The van der Waals surface area contributed by atoms with Gasteiger partial charge in [0, 0.05) is 25.7 Å². The smallest absolute Gasteiger partial charge is 0.257 e. The van der Waals surface area contributed by atoms with Gasteiger partial charge in [0.25, 0.3) is 5.91 Å². The molecule has 0 unspecified atom stereocenters. The second-order valence-corrected chi connectivity index (χ2v) is 8.36. The molecule has 174 valence electrons. The molecule has 2 aliphatic heterocycles. The van der Waals surface area contributed by atoms with E-state index in [0.717, 1.165) is 28.6 Å². The minimum absolute atomic E-state index is 0.0249. The lowest BCUT2D eigenvalue weighted by molar-refractivity contribution is 0.0578. The van der Waals surface area contributed by atoms with Crippen LogP contribution in [0, 0.1) is 0 Å². The van der Waals surface area contributed by atoms with Crippen molar-refractivity contribution in [2.24, 2.45) is 4.99 Å². The second kappa shape index (κ2) is 9.09. The molecular formula is C27H27N3O4. The van der Waals surface area contributed by atoms with Gasteiger partial charge in [-0.15, -0.1) is 0 Å². The van der Waals surface area contributed by atoms with Crippen molar-refractivity contribution < 1.29 is 19.0 Å². The topological polar surface area (TPSA) is 63.6 Å². The minimum Gasteiger partial charge on any atom is -0.497 e. The number of carbonyl (C=O) groups excluding carboxylic acids is 1. The molecule has 1 saturated heterocycles. The number of para-hydroxylation sites is 3. The molecule has 0 saturated carbocycles. The van der Waals surface area contributed by atoms with Gasteiger partial charge in [0.2, 0.25) is 0 Å². The fourth-order valence-electron chi connectivity index (χ4n) is 4.50. The van der Waals surface area contributed by atoms with Gasteiger partial charge in [-0.3, -0.25) is 4.79 Å². The summed E-state index contributed by atoms with van der Waals surface area (Å²) in [5, 5.41) is 0. The third-order valence-electron chi connectivity index (χ3n) is 6.26. The van der Waals surface area contributed by atoms with Crippen molar-refractivity contribution in [3.8, 4) is 23.0 Å². The van der Waals surface area contributed by atoms with Gasteiger partial charge < -0.3 is 24.0 Å². The van der Waals surface area contributed by atoms with Crippen LogP contribution < -0.4 is 14.2 Å². The minimum atomic E-state index is -0.0256. The number of amidine groups is 1. The summed E-state index contributed by atoms with van der Waals surface area (Å²) < 4.78 is 17.1. The molecule has 7 heteroatoms.